The van der Waals surface area contributed by atoms with Gasteiger partial charge in [-0.2, -0.15) is 0 Å². The summed E-state index contributed by atoms with van der Waals surface area (Å²) >= 11 is 13.6. The van der Waals surface area contributed by atoms with Crippen LogP contribution in [0.4, 0.5) is 0 Å². The summed E-state index contributed by atoms with van der Waals surface area (Å²) in [5.74, 6) is 0. The Labute approximate surface area is 45.8 Å². The van der Waals surface area contributed by atoms with Crippen molar-refractivity contribution in [2.75, 3.05) is 0 Å². The molecule has 0 unspecified atom stereocenters. The van der Waals surface area contributed by atoms with Crippen molar-refractivity contribution in [2.45, 2.75) is 0 Å². The number of hydrogen-bond donors (Lipinski definition) is 0. The van der Waals surface area contributed by atoms with Gasteiger partial charge in [-0.25, -0.2) is 0 Å². The summed E-state index contributed by atoms with van der Waals surface area (Å²) in [6.07, 6.45) is 0. The van der Waals surface area contributed by atoms with Gasteiger partial charge in [0.2, 0.25) is 0 Å². The van der Waals surface area contributed by atoms with E-state index in [9.17, 15) is 0 Å². The van der Waals surface area contributed by atoms with E-state index in [4.69, 9.17) is 23.2 Å². The van der Waals surface area contributed by atoms with Gasteiger partial charge in [-0.05, 0) is 0 Å². The molecule has 0 atom stereocenters. The molecule has 0 N–H and O–H groups in total. The average Bonchev–Trinajstić information content (AvgIpc) is 0.811. The summed E-state index contributed by atoms with van der Waals surface area (Å²) in [6, 6.07) is 0. The predicted molar refractivity (Wildman–Crippen MR) is 26.4 cm³/mol. The van der Waals surface area contributed by atoms with Gasteiger partial charge < -0.3 is 0 Å². The highest BCUT2D eigenvalue weighted by Crippen LogP contribution is 1.86. The van der Waals surface area contributed by atoms with Crippen LogP contribution in [0.2, 0.25) is 0 Å². The molecule has 0 bridgehead atoms. The van der Waals surface area contributed by atoms with Crippen LogP contribution >= 0.6 is 35.4 Å². The zero-order valence-corrected chi connectivity index (χ0v) is 4.44. The first kappa shape index (κ1) is 9.16. The number of thiocarbonyl (C=S) groups is 1. The van der Waals surface area contributed by atoms with E-state index >= 15 is 0 Å². The average molecular weight is 129 g/mol. The van der Waals surface area contributed by atoms with Gasteiger partial charge in [0.25, 0.3) is 0 Å². The minimum atomic E-state index is -0.0556. The molecule has 0 aliphatic rings. The molecule has 1 nitrogen and oxygen atoms in total. The summed E-state index contributed by atoms with van der Waals surface area (Å²) in [6.45, 7) is 0. The first-order chi connectivity index (χ1) is 1.73. The van der Waals surface area contributed by atoms with Crippen molar-refractivity contribution in [1.29, 1.82) is 0 Å². The fraction of sp³-hybridized carbons (Fsp3) is 0. The molecule has 0 fully saturated rings. The molecule has 0 aromatic heterocycles. The topological polar surface area (TPSA) is 30.5 Å². The molecule has 0 aliphatic carbocycles. The minimum absolute atomic E-state index is 0. The highest BCUT2D eigenvalue weighted by Gasteiger charge is 1.64. The van der Waals surface area contributed by atoms with Gasteiger partial charge in [0, 0.05) is 6.15 Å². The Kier molecular flexibility index (Phi) is 8.48. The van der Waals surface area contributed by atoms with Crippen LogP contribution in [0.25, 0.3) is 0 Å². The first-order valence-corrected chi connectivity index (χ1v) is 1.75. The molecule has 0 spiro atoms. The Morgan fingerprint density at radius 1 is 1.40 bits per heavy atom. The summed E-state index contributed by atoms with van der Waals surface area (Å²) in [5.41, 5.74) is 0. The van der Waals surface area contributed by atoms with Crippen LogP contribution in [0.5, 0.6) is 0 Å². The lowest BCUT2D eigenvalue weighted by Crippen LogP contribution is -1.45. The Morgan fingerprint density at radius 3 is 1.40 bits per heavy atom. The van der Waals surface area contributed by atoms with Crippen LogP contribution in [-0.4, -0.2) is 3.78 Å². The van der Waals surface area contributed by atoms with Gasteiger partial charge in [0.05, 0.1) is 0 Å². The third-order valence-electron chi connectivity index (χ3n) is 0. The van der Waals surface area contributed by atoms with Crippen LogP contribution < -0.4 is 6.15 Å². The van der Waals surface area contributed by atoms with Crippen molar-refractivity contribution in [3.63, 3.8) is 0 Å². The molecule has 3 radical (unpaired) electrons. The molecule has 0 saturated carbocycles. The zero-order valence-electron chi connectivity index (χ0n) is 2.11. The summed E-state index contributed by atoms with van der Waals surface area (Å²) in [4.78, 5) is 0. The van der Waals surface area contributed by atoms with E-state index < -0.39 is 0 Å². The second kappa shape index (κ2) is 4.63. The van der Waals surface area contributed by atoms with E-state index in [2.05, 4.69) is 12.2 Å². The fourth-order valence-corrected chi connectivity index (χ4v) is 0. The van der Waals surface area contributed by atoms with Crippen molar-refractivity contribution in [3.8, 4) is 0 Å². The maximum Gasteiger partial charge on any atom is 0.169 e. The molecule has 0 amide bonds. The van der Waals surface area contributed by atoms with Crippen molar-refractivity contribution in [3.05, 3.63) is 0 Å². The van der Waals surface area contributed by atoms with Crippen LogP contribution in [-0.2, 0) is 0 Å². The van der Waals surface area contributed by atoms with E-state index in [1.165, 1.54) is 0 Å². The Hall–Kier alpha value is 0.630. The highest BCUT2D eigenvalue weighted by atomic mass is 35.5. The number of rotatable bonds is 0. The molecular weight excluding hydrogens is 129 g/mol. The molecule has 4 heteroatoms. The smallest absolute Gasteiger partial charge is 0.0579 e. The van der Waals surface area contributed by atoms with Crippen molar-refractivity contribution >= 4 is 39.2 Å². The summed E-state index contributed by atoms with van der Waals surface area (Å²) in [7, 11) is 0. The molecule has 0 aliphatic heterocycles. The highest BCUT2D eigenvalue weighted by molar-refractivity contribution is 7.86. The first-order valence-electron chi connectivity index (χ1n) is 0.582. The van der Waals surface area contributed by atoms with Crippen molar-refractivity contribution < 1.29 is 0 Å². The Morgan fingerprint density at radius 2 is 1.40 bits per heavy atom. The van der Waals surface area contributed by atoms with E-state index in [-0.39, 0.29) is 9.93 Å². The fourth-order valence-electron chi connectivity index (χ4n) is 0. The third kappa shape index (κ3) is 80.7. The maximum absolute atomic E-state index is 4.77. The maximum atomic E-state index is 4.77. The molecule has 5 heavy (non-hydrogen) atoms. The van der Waals surface area contributed by atoms with Crippen molar-refractivity contribution in [2.24, 2.45) is 0 Å². The van der Waals surface area contributed by atoms with Crippen LogP contribution in [0.1, 0.15) is 0 Å². The minimum Gasteiger partial charge on any atom is -0.0579 e. The van der Waals surface area contributed by atoms with E-state index in [1.54, 1.807) is 0 Å². The van der Waals surface area contributed by atoms with Crippen molar-refractivity contribution in [1.82, 2.24) is 6.15 Å². The molecule has 0 heterocycles. The van der Waals surface area contributed by atoms with Crippen LogP contribution in [0.15, 0.2) is 0 Å². The normalized spacial score (nSPS) is 5.20. The monoisotopic (exact) mass is 128 g/mol. The summed E-state index contributed by atoms with van der Waals surface area (Å²) < 4.78 is -0.0556. The molecule has 29 valence electrons. The van der Waals surface area contributed by atoms with Gasteiger partial charge in [-0.3, -0.25) is 0 Å². The van der Waals surface area contributed by atoms with Gasteiger partial charge in [0.1, 0.15) is 0 Å². The molecule has 0 aromatic rings. The zero-order chi connectivity index (χ0) is 3.58. The SMILES string of the molecule is S=C(Cl)Cl.[N]. The van der Waals surface area contributed by atoms with Crippen LogP contribution in [0.3, 0.4) is 0 Å². The predicted octanol–water partition coefficient (Wildman–Crippen LogP) is 1.27. The van der Waals surface area contributed by atoms with E-state index in [0.29, 0.717) is 0 Å². The van der Waals surface area contributed by atoms with Gasteiger partial charge in [-0.1, -0.05) is 35.4 Å². The lowest BCUT2D eigenvalue weighted by atomic mass is 11.9. The lowest BCUT2D eigenvalue weighted by molar-refractivity contribution is 2.13. The Balaban J connectivity index is 0. The second-order valence-electron chi connectivity index (χ2n) is 0.226. The largest absolute Gasteiger partial charge is 0.169 e. The number of hydrogen-bond acceptors (Lipinski definition) is 1. The quantitative estimate of drug-likeness (QED) is 0.357. The standard InChI is InChI=1S/CCl2S.N/c2-1(3)4;. The Bertz CT molecular complexity index is 32.6. The van der Waals surface area contributed by atoms with Crippen LogP contribution in [0, 0.1) is 0 Å². The molecule has 0 rings (SSSR count). The van der Waals surface area contributed by atoms with E-state index in [1.807, 2.05) is 0 Å². The lowest BCUT2D eigenvalue weighted by Gasteiger charge is -1.53. The second-order valence-corrected chi connectivity index (χ2v) is 2.03. The van der Waals surface area contributed by atoms with Gasteiger partial charge in [-0.15, -0.1) is 0 Å². The number of nitrogens with zero attached hydrogens (tertiary/aromatic N) is 1. The molecule has 0 saturated heterocycles. The van der Waals surface area contributed by atoms with Gasteiger partial charge >= 0.3 is 0 Å². The van der Waals surface area contributed by atoms with E-state index in [0.717, 1.165) is 0 Å². The third-order valence-corrected chi connectivity index (χ3v) is 0. The molecule has 0 aromatic carbocycles. The number of halogens is 2. The van der Waals surface area contributed by atoms with Gasteiger partial charge in [0.15, 0.2) is 3.78 Å². The summed E-state index contributed by atoms with van der Waals surface area (Å²) in [5, 5.41) is 0. The molecular formula is CCl2NS.